The van der Waals surface area contributed by atoms with Gasteiger partial charge in [-0.15, -0.1) is 0 Å². The minimum absolute atomic E-state index is 0.0777. The Balaban J connectivity index is 1.71. The maximum absolute atomic E-state index is 16.0. The highest BCUT2D eigenvalue weighted by Gasteiger charge is 2.68. The summed E-state index contributed by atoms with van der Waals surface area (Å²) in [5.41, 5.74) is 21.5. The number of aromatic nitrogens is 2. The number of nitrogens with zero attached hydrogens (tertiary/aromatic N) is 1. The first-order valence-corrected chi connectivity index (χ1v) is 20.5. The average Bonchev–Trinajstić information content (AvgIpc) is 3.77. The molecular weight excluding hydrogens is 723 g/mol. The molecule has 0 saturated heterocycles. The zero-order chi connectivity index (χ0) is 41.0. The lowest BCUT2D eigenvalue weighted by Gasteiger charge is -2.50. The number of nitrogens with two attached hydrogens (primary N) is 4. The molecule has 2 aliphatic carbocycles. The first-order valence-electron chi connectivity index (χ1n) is 20.5. The van der Waals surface area contributed by atoms with E-state index in [4.69, 9.17) is 22.9 Å². The number of unbranched alkanes of at least 4 members (excludes halogenated alkanes) is 1. The van der Waals surface area contributed by atoms with Crippen molar-refractivity contribution in [1.82, 2.24) is 15.3 Å². The van der Waals surface area contributed by atoms with Crippen molar-refractivity contribution >= 4 is 35.3 Å². The van der Waals surface area contributed by atoms with Crippen LogP contribution < -0.4 is 28.3 Å². The summed E-state index contributed by atoms with van der Waals surface area (Å²) >= 11 is 0. The Labute approximate surface area is 334 Å². The molecule has 1 heterocycles. The predicted octanol–water partition coefficient (Wildman–Crippen LogP) is 3.91. The Morgan fingerprint density at radius 1 is 0.825 bits per heavy atom. The SMILES string of the molecule is NCCCC[C@H](N)C(=O)N[C@@H](Cc1cnc[nH]1)C(=O)C(C(=O)c1cccc(C(=O)c2ccccc2)c1)(C1CCCCC1)[C@](N)(C=O)C(=O)[C@@H](N)CC1CCCCC1. The van der Waals surface area contributed by atoms with E-state index in [2.05, 4.69) is 15.3 Å². The van der Waals surface area contributed by atoms with E-state index >= 15 is 14.4 Å². The molecule has 5 rings (SSSR count). The van der Waals surface area contributed by atoms with E-state index in [0.717, 1.165) is 38.5 Å². The molecule has 1 amide bonds. The Hall–Kier alpha value is -4.69. The summed E-state index contributed by atoms with van der Waals surface area (Å²) in [6.07, 6.45) is 12.0. The topological polar surface area (TPSA) is 247 Å². The van der Waals surface area contributed by atoms with Gasteiger partial charge >= 0.3 is 0 Å². The maximum Gasteiger partial charge on any atom is 0.237 e. The second-order valence-electron chi connectivity index (χ2n) is 16.0. The van der Waals surface area contributed by atoms with Crippen LogP contribution in [0.1, 0.15) is 122 Å². The van der Waals surface area contributed by atoms with Crippen molar-refractivity contribution in [2.24, 2.45) is 40.2 Å². The van der Waals surface area contributed by atoms with Gasteiger partial charge in [0.05, 0.1) is 24.5 Å². The van der Waals surface area contributed by atoms with Crippen molar-refractivity contribution < 1.29 is 28.8 Å². The highest BCUT2D eigenvalue weighted by atomic mass is 16.2. The summed E-state index contributed by atoms with van der Waals surface area (Å²) in [7, 11) is 0. The van der Waals surface area contributed by atoms with E-state index in [1.54, 1.807) is 36.4 Å². The average molecular weight is 782 g/mol. The number of hydrogen-bond donors (Lipinski definition) is 6. The summed E-state index contributed by atoms with van der Waals surface area (Å²) < 4.78 is 0. The lowest BCUT2D eigenvalue weighted by molar-refractivity contribution is -0.149. The number of carbonyl (C=O) groups is 6. The number of H-pyrrole nitrogens is 1. The molecule has 0 bridgehead atoms. The van der Waals surface area contributed by atoms with Crippen LogP contribution in [0.4, 0.5) is 0 Å². The van der Waals surface area contributed by atoms with Gasteiger partial charge in [-0.25, -0.2) is 4.98 Å². The molecule has 1 aromatic heterocycles. The molecule has 1 unspecified atom stereocenters. The van der Waals surface area contributed by atoms with Gasteiger partial charge in [0.25, 0.3) is 0 Å². The third kappa shape index (κ3) is 9.72. The van der Waals surface area contributed by atoms with Crippen molar-refractivity contribution in [3.05, 3.63) is 89.5 Å². The number of aromatic amines is 1. The molecule has 13 nitrogen and oxygen atoms in total. The van der Waals surface area contributed by atoms with Crippen LogP contribution in [-0.4, -0.2) is 75.5 Å². The summed E-state index contributed by atoms with van der Waals surface area (Å²) in [5.74, 6) is -4.50. The molecule has 0 aliphatic heterocycles. The first-order chi connectivity index (χ1) is 27.5. The number of hydrogen-bond acceptors (Lipinski definition) is 11. The summed E-state index contributed by atoms with van der Waals surface area (Å²) in [4.78, 5) is 95.2. The van der Waals surface area contributed by atoms with E-state index in [0.29, 0.717) is 56.3 Å². The molecule has 0 radical (unpaired) electrons. The molecule has 3 aromatic rings. The fourth-order valence-electron chi connectivity index (χ4n) is 9.11. The largest absolute Gasteiger partial charge is 0.348 e. The van der Waals surface area contributed by atoms with Crippen molar-refractivity contribution in [2.75, 3.05) is 6.54 Å². The zero-order valence-corrected chi connectivity index (χ0v) is 32.8. The normalized spacial score (nSPS) is 18.9. The third-order valence-corrected chi connectivity index (χ3v) is 12.2. The molecule has 2 fully saturated rings. The predicted molar refractivity (Wildman–Crippen MR) is 217 cm³/mol. The summed E-state index contributed by atoms with van der Waals surface area (Å²) in [6.45, 7) is 0.417. The van der Waals surface area contributed by atoms with Gasteiger partial charge in [-0.1, -0.05) is 106 Å². The van der Waals surface area contributed by atoms with Crippen molar-refractivity contribution in [3.8, 4) is 0 Å². The molecular formula is C44H59N7O6. The van der Waals surface area contributed by atoms with Crippen LogP contribution in [0, 0.1) is 17.3 Å². The van der Waals surface area contributed by atoms with Crippen LogP contribution in [0.25, 0.3) is 0 Å². The van der Waals surface area contributed by atoms with Crippen molar-refractivity contribution in [1.29, 1.82) is 0 Å². The number of benzene rings is 2. The maximum atomic E-state index is 16.0. The lowest BCUT2D eigenvalue weighted by Crippen LogP contribution is -2.75. The molecule has 0 spiro atoms. The van der Waals surface area contributed by atoms with Gasteiger partial charge in [0.2, 0.25) is 5.91 Å². The fourth-order valence-corrected chi connectivity index (χ4v) is 9.11. The zero-order valence-electron chi connectivity index (χ0n) is 32.8. The number of aldehydes is 1. The van der Waals surface area contributed by atoms with Crippen LogP contribution in [0.15, 0.2) is 67.1 Å². The number of imidazole rings is 1. The molecule has 57 heavy (non-hydrogen) atoms. The second kappa shape index (κ2) is 20.1. The molecule has 2 aliphatic rings. The van der Waals surface area contributed by atoms with Crippen molar-refractivity contribution in [2.45, 2.75) is 120 Å². The van der Waals surface area contributed by atoms with Gasteiger partial charge < -0.3 is 38.0 Å². The van der Waals surface area contributed by atoms with E-state index < -0.39 is 58.3 Å². The number of ketones is 4. The van der Waals surface area contributed by atoms with Crippen molar-refractivity contribution in [3.63, 3.8) is 0 Å². The minimum Gasteiger partial charge on any atom is -0.348 e. The molecule has 306 valence electrons. The monoisotopic (exact) mass is 781 g/mol. The van der Waals surface area contributed by atoms with Gasteiger partial charge in [-0.2, -0.15) is 0 Å². The van der Waals surface area contributed by atoms with Crippen LogP contribution in [0.3, 0.4) is 0 Å². The number of carbonyl (C=O) groups excluding carboxylic acids is 6. The Morgan fingerprint density at radius 2 is 1.47 bits per heavy atom. The van der Waals surface area contributed by atoms with Gasteiger partial charge in [0.1, 0.15) is 11.7 Å². The van der Waals surface area contributed by atoms with Crippen LogP contribution in [0.5, 0.6) is 0 Å². The van der Waals surface area contributed by atoms with Gasteiger partial charge in [0, 0.05) is 35.0 Å². The standard InChI is InChI=1S/C44H59N7O6/c45-22-11-10-21-35(46)42(57)51-37(25-34-26-49-28-50-34)41(56)44(33-19-8-3-9-20-33,43(48,27-52)40(55)36(47)23-29-13-4-1-5-14-29)39(54)32-18-12-17-31(24-32)38(53)30-15-6-2-7-16-30/h2,6-7,12,15-18,24,26-29,33,35-37H,1,3-5,8-11,13-14,19-23,25,45-48H2,(H,49,50)(H,51,57)/t35-,36-,37-,43-,44?/m0/s1. The number of nitrogens with one attached hydrogen (secondary N) is 2. The van der Waals surface area contributed by atoms with Crippen LogP contribution in [-0.2, 0) is 25.6 Å². The Bertz CT molecular complexity index is 1840. The van der Waals surface area contributed by atoms with Gasteiger partial charge in [-0.05, 0) is 56.6 Å². The number of Topliss-reactive ketones (excluding diaryl/α,β-unsaturated/α-hetero) is 3. The molecule has 13 heteroatoms. The molecule has 2 saturated carbocycles. The fraction of sp³-hybridized carbons (Fsp3) is 0.523. The Kier molecular flexibility index (Phi) is 15.3. The minimum atomic E-state index is -2.75. The lowest BCUT2D eigenvalue weighted by atomic mass is 9.51. The first kappa shape index (κ1) is 43.4. The smallest absolute Gasteiger partial charge is 0.237 e. The number of amides is 1. The van der Waals surface area contributed by atoms with Crippen LogP contribution in [0.2, 0.25) is 0 Å². The number of rotatable bonds is 21. The van der Waals surface area contributed by atoms with E-state index in [1.165, 1.54) is 30.7 Å². The highest BCUT2D eigenvalue weighted by Crippen LogP contribution is 2.49. The second-order valence-corrected chi connectivity index (χ2v) is 16.0. The van der Waals surface area contributed by atoms with Crippen LogP contribution >= 0.6 is 0 Å². The van der Waals surface area contributed by atoms with Gasteiger partial charge in [0.15, 0.2) is 28.7 Å². The van der Waals surface area contributed by atoms with Gasteiger partial charge in [-0.3, -0.25) is 24.0 Å². The molecule has 2 aromatic carbocycles. The molecule has 5 atom stereocenters. The summed E-state index contributed by atoms with van der Waals surface area (Å²) in [5, 5.41) is 2.80. The third-order valence-electron chi connectivity index (χ3n) is 12.2. The van der Waals surface area contributed by atoms with E-state index in [9.17, 15) is 14.4 Å². The quantitative estimate of drug-likeness (QED) is 0.0391. The molecule has 10 N–H and O–H groups in total. The highest BCUT2D eigenvalue weighted by molar-refractivity contribution is 6.26. The summed E-state index contributed by atoms with van der Waals surface area (Å²) in [6, 6.07) is 10.7. The Morgan fingerprint density at radius 3 is 2.11 bits per heavy atom. The van der Waals surface area contributed by atoms with E-state index in [1.807, 2.05) is 0 Å². The van der Waals surface area contributed by atoms with E-state index in [-0.39, 0.29) is 48.4 Å².